The van der Waals surface area contributed by atoms with Crippen LogP contribution in [-0.2, 0) is 21.3 Å². The molecule has 2 aliphatic rings. The van der Waals surface area contributed by atoms with Gasteiger partial charge < -0.3 is 14.6 Å². The van der Waals surface area contributed by atoms with Gasteiger partial charge in [0, 0.05) is 52.4 Å². The third-order valence-electron chi connectivity index (χ3n) is 9.02. The largest absolute Gasteiger partial charge is 0.479 e. The van der Waals surface area contributed by atoms with E-state index in [2.05, 4.69) is 11.0 Å². The second kappa shape index (κ2) is 12.0. The number of aliphatic carboxylic acids is 1. The Morgan fingerprint density at radius 1 is 1.13 bits per heavy atom. The van der Waals surface area contributed by atoms with Gasteiger partial charge in [0.1, 0.15) is 5.01 Å². The van der Waals surface area contributed by atoms with E-state index in [4.69, 9.17) is 43.5 Å². The van der Waals surface area contributed by atoms with Crippen LogP contribution in [0.2, 0.25) is 5.02 Å². The molecule has 7 rings (SSSR count). The quantitative estimate of drug-likeness (QED) is 0.188. The molecule has 1 N–H and O–H groups in total. The smallest absolute Gasteiger partial charge is 0.337 e. The molecule has 240 valence electrons. The summed E-state index contributed by atoms with van der Waals surface area (Å²) in [5, 5.41) is 17.6. The first kappa shape index (κ1) is 22.3. The van der Waals surface area contributed by atoms with Crippen LogP contribution in [0.5, 0.6) is 0 Å². The molecule has 1 unspecified atom stereocenters. The van der Waals surface area contributed by atoms with Crippen LogP contribution >= 0.6 is 22.9 Å². The highest BCUT2D eigenvalue weighted by molar-refractivity contribution is 7.22. The molecule has 2 aromatic heterocycles. The summed E-state index contributed by atoms with van der Waals surface area (Å²) in [6, 6.07) is 14.6. The summed E-state index contributed by atoms with van der Waals surface area (Å²) < 4.78 is 86.3. The Morgan fingerprint density at radius 2 is 1.85 bits per heavy atom. The first-order valence-corrected chi connectivity index (χ1v) is 16.3. The fraction of sp³-hybridized carbons (Fsp3) is 0.417. The summed E-state index contributed by atoms with van der Waals surface area (Å²) in [5.74, 6) is -1.50. The van der Waals surface area contributed by atoms with E-state index >= 15 is 0 Å². The number of carboxylic acid groups (broad SMARTS) is 1. The lowest BCUT2D eigenvalue weighted by Gasteiger charge is -2.41. The molecular weight excluding hydrogens is 620 g/mol. The SMILES string of the molecule is [2H]C([2H])([2H])C(OC(C(=O)O)c1c(C)cc2nc(-c3ccc4c(c3)c(C3CCN(C5COC5)CC3)nn4C)sc2c1-c1ccc(Cl)cc1)(C([2H])([2H])[2H])C([2H])([2H])[2H]. The highest BCUT2D eigenvalue weighted by Gasteiger charge is 2.34. The van der Waals surface area contributed by atoms with Crippen LogP contribution < -0.4 is 0 Å². The van der Waals surface area contributed by atoms with E-state index in [1.54, 1.807) is 37.3 Å². The summed E-state index contributed by atoms with van der Waals surface area (Å²) in [4.78, 5) is 20.6. The number of ether oxygens (including phenoxy) is 2. The zero-order valence-corrected chi connectivity index (χ0v) is 26.9. The Bertz CT molecular complexity index is 2220. The highest BCUT2D eigenvalue weighted by atomic mass is 35.5. The van der Waals surface area contributed by atoms with Gasteiger partial charge in [-0.3, -0.25) is 9.58 Å². The first-order chi connectivity index (χ1) is 25.7. The van der Waals surface area contributed by atoms with Gasteiger partial charge in [-0.1, -0.05) is 23.7 Å². The van der Waals surface area contributed by atoms with Crippen LogP contribution in [0.4, 0.5) is 0 Å². The summed E-state index contributed by atoms with van der Waals surface area (Å²) in [6.45, 7) is -6.32. The third kappa shape index (κ3) is 5.84. The number of aromatic nitrogens is 3. The minimum Gasteiger partial charge on any atom is -0.479 e. The number of halogens is 1. The second-order valence-corrected chi connectivity index (χ2v) is 13.6. The van der Waals surface area contributed by atoms with Crippen molar-refractivity contribution >= 4 is 50.0 Å². The van der Waals surface area contributed by atoms with E-state index in [9.17, 15) is 9.90 Å². The number of hydrogen-bond acceptors (Lipinski definition) is 7. The molecule has 0 amide bonds. The molecule has 10 heteroatoms. The van der Waals surface area contributed by atoms with Gasteiger partial charge in [0.05, 0.1) is 46.3 Å². The fourth-order valence-corrected chi connectivity index (χ4v) is 7.93. The lowest BCUT2D eigenvalue weighted by atomic mass is 9.90. The van der Waals surface area contributed by atoms with Crippen molar-refractivity contribution in [2.24, 2.45) is 7.05 Å². The van der Waals surface area contributed by atoms with Crippen LogP contribution in [-0.4, -0.2) is 68.7 Å². The monoisotopic (exact) mass is 667 g/mol. The molecule has 1 atom stereocenters. The molecule has 0 bridgehead atoms. The Morgan fingerprint density at radius 3 is 2.50 bits per heavy atom. The number of carbonyl (C=O) groups is 1. The summed E-state index contributed by atoms with van der Waals surface area (Å²) in [5.41, 5.74) is 0.299. The molecular formula is C36H39ClN4O4S. The van der Waals surface area contributed by atoms with Crippen molar-refractivity contribution in [3.8, 4) is 21.7 Å². The lowest BCUT2D eigenvalue weighted by molar-refractivity contribution is -0.160. The van der Waals surface area contributed by atoms with E-state index in [1.165, 1.54) is 11.3 Å². The van der Waals surface area contributed by atoms with Gasteiger partial charge >= 0.3 is 5.97 Å². The minimum atomic E-state index is -3.85. The van der Waals surface area contributed by atoms with Crippen molar-refractivity contribution in [1.82, 2.24) is 19.7 Å². The molecule has 3 aromatic carbocycles. The molecule has 2 fully saturated rings. The molecule has 46 heavy (non-hydrogen) atoms. The Kier molecular flexibility index (Phi) is 5.82. The predicted octanol–water partition coefficient (Wildman–Crippen LogP) is 8.00. The van der Waals surface area contributed by atoms with Crippen molar-refractivity contribution in [1.29, 1.82) is 0 Å². The zero-order valence-electron chi connectivity index (χ0n) is 34.3. The minimum absolute atomic E-state index is 0.107. The van der Waals surface area contributed by atoms with Gasteiger partial charge in [0.15, 0.2) is 6.10 Å². The Labute approximate surface area is 290 Å². The van der Waals surface area contributed by atoms with E-state index < -0.39 is 38.2 Å². The van der Waals surface area contributed by atoms with Crippen molar-refractivity contribution in [3.63, 3.8) is 0 Å². The number of carboxylic acids is 1. The topological polar surface area (TPSA) is 89.7 Å². The zero-order chi connectivity index (χ0) is 39.8. The number of thiazole rings is 1. The van der Waals surface area contributed by atoms with Crippen LogP contribution in [0.15, 0.2) is 48.5 Å². The van der Waals surface area contributed by atoms with Gasteiger partial charge in [0.2, 0.25) is 0 Å². The number of fused-ring (bicyclic) bond motifs is 2. The van der Waals surface area contributed by atoms with Crippen molar-refractivity contribution < 1.29 is 31.7 Å². The highest BCUT2D eigenvalue weighted by Crippen LogP contribution is 2.45. The van der Waals surface area contributed by atoms with E-state index in [0.29, 0.717) is 31.9 Å². The standard InChI is InChI=1S/C36H39ClN4O4S/c1-20-16-27-33(30(21-6-9-24(37)10-7-21)29(20)32(35(42)43)45-36(2,3)4)46-34(38-27)23-8-11-28-26(17-23)31(39-40(28)5)22-12-14-41(15-13-22)25-18-44-19-25/h6-11,16-17,22,25,32H,12-15,18-19H2,1-5H3,(H,42,43)/i2D3,3D3,4D3. The average Bonchev–Trinajstić information content (AvgIpc) is 3.63. The molecule has 8 nitrogen and oxygen atoms in total. The molecule has 4 heterocycles. The van der Waals surface area contributed by atoms with Crippen LogP contribution in [0, 0.1) is 6.92 Å². The van der Waals surface area contributed by atoms with Crippen molar-refractivity contribution in [2.75, 3.05) is 26.3 Å². The van der Waals surface area contributed by atoms with Gasteiger partial charge in [0.25, 0.3) is 0 Å². The number of piperidine rings is 1. The van der Waals surface area contributed by atoms with Crippen LogP contribution in [0.1, 0.15) is 74.6 Å². The molecule has 0 saturated carbocycles. The van der Waals surface area contributed by atoms with Gasteiger partial charge in [-0.2, -0.15) is 5.10 Å². The average molecular weight is 668 g/mol. The van der Waals surface area contributed by atoms with Crippen molar-refractivity contribution in [2.45, 2.75) is 64.0 Å². The number of benzene rings is 3. The normalized spacial score (nSPS) is 21.2. The number of aryl methyl sites for hydroxylation is 2. The summed E-state index contributed by atoms with van der Waals surface area (Å²) in [6.07, 6.45) is -0.390. The van der Waals surface area contributed by atoms with E-state index in [-0.39, 0.29) is 22.6 Å². The molecule has 0 aliphatic carbocycles. The number of rotatable bonds is 7. The molecule has 0 spiro atoms. The number of likely N-dealkylation sites (tertiary alicyclic amines) is 1. The fourth-order valence-electron chi connectivity index (χ4n) is 6.68. The summed E-state index contributed by atoms with van der Waals surface area (Å²) >= 11 is 7.50. The first-order valence-electron chi connectivity index (χ1n) is 19.6. The molecule has 0 radical (unpaired) electrons. The lowest BCUT2D eigenvalue weighted by Crippen LogP contribution is -2.51. The summed E-state index contributed by atoms with van der Waals surface area (Å²) in [7, 11) is 1.92. The molecule has 2 aliphatic heterocycles. The maximum absolute atomic E-state index is 13.1. The van der Waals surface area contributed by atoms with E-state index in [0.717, 1.165) is 61.3 Å². The second-order valence-electron chi connectivity index (χ2n) is 12.1. The van der Waals surface area contributed by atoms with Crippen LogP contribution in [0.3, 0.4) is 0 Å². The molecule has 5 aromatic rings. The van der Waals surface area contributed by atoms with Gasteiger partial charge in [-0.25, -0.2) is 9.78 Å². The maximum Gasteiger partial charge on any atom is 0.337 e. The number of nitrogens with zero attached hydrogens (tertiary/aromatic N) is 4. The van der Waals surface area contributed by atoms with Gasteiger partial charge in [-0.15, -0.1) is 11.3 Å². The Balaban J connectivity index is 1.38. The number of hydrogen-bond donors (Lipinski definition) is 1. The van der Waals surface area contributed by atoms with Gasteiger partial charge in [-0.05, 0) is 101 Å². The third-order valence-corrected chi connectivity index (χ3v) is 10.4. The predicted molar refractivity (Wildman–Crippen MR) is 184 cm³/mol. The Hall–Kier alpha value is -3.34. The molecule has 2 saturated heterocycles. The maximum atomic E-state index is 13.1. The van der Waals surface area contributed by atoms with E-state index in [1.807, 2.05) is 23.9 Å². The van der Waals surface area contributed by atoms with Crippen molar-refractivity contribution in [3.05, 3.63) is 70.4 Å². The van der Waals surface area contributed by atoms with Crippen LogP contribution in [0.25, 0.3) is 42.8 Å².